The van der Waals surface area contributed by atoms with Crippen molar-refractivity contribution in [2.75, 3.05) is 16.4 Å². The predicted octanol–water partition coefficient (Wildman–Crippen LogP) is 4.18. The highest BCUT2D eigenvalue weighted by Crippen LogP contribution is 2.22. The molecule has 2 rings (SSSR count). The van der Waals surface area contributed by atoms with Gasteiger partial charge in [0.25, 0.3) is 0 Å². The second-order valence-corrected chi connectivity index (χ2v) is 5.02. The van der Waals surface area contributed by atoms with Crippen LogP contribution in [0.1, 0.15) is 11.1 Å². The standard InChI is InChI=1S/C15H16ClN3O/c1-9-3-4-11(7-10(9)2)18-15(20)19-12-5-6-14(17)13(16)8-12/h3-8H,17H2,1-2H3,(H2,18,19,20). The summed E-state index contributed by atoms with van der Waals surface area (Å²) < 4.78 is 0. The summed E-state index contributed by atoms with van der Waals surface area (Å²) in [6.07, 6.45) is 0. The number of hydrogen-bond donors (Lipinski definition) is 3. The summed E-state index contributed by atoms with van der Waals surface area (Å²) in [7, 11) is 0. The molecule has 4 nitrogen and oxygen atoms in total. The lowest BCUT2D eigenvalue weighted by Gasteiger charge is -2.10. The van der Waals surface area contributed by atoms with E-state index >= 15 is 0 Å². The molecule has 20 heavy (non-hydrogen) atoms. The van der Waals surface area contributed by atoms with E-state index in [1.165, 1.54) is 5.56 Å². The van der Waals surface area contributed by atoms with E-state index in [-0.39, 0.29) is 6.03 Å². The largest absolute Gasteiger partial charge is 0.398 e. The summed E-state index contributed by atoms with van der Waals surface area (Å²) in [4.78, 5) is 11.9. The molecule has 0 fully saturated rings. The monoisotopic (exact) mass is 289 g/mol. The van der Waals surface area contributed by atoms with Gasteiger partial charge in [0.1, 0.15) is 0 Å². The fourth-order valence-corrected chi connectivity index (χ4v) is 1.90. The Labute approximate surface area is 122 Å². The van der Waals surface area contributed by atoms with Gasteiger partial charge in [0.15, 0.2) is 0 Å². The van der Waals surface area contributed by atoms with Gasteiger partial charge in [0.2, 0.25) is 0 Å². The van der Waals surface area contributed by atoms with Crippen LogP contribution >= 0.6 is 11.6 Å². The fourth-order valence-electron chi connectivity index (χ4n) is 1.72. The molecule has 2 aromatic rings. The quantitative estimate of drug-likeness (QED) is 0.726. The third-order valence-corrected chi connectivity index (χ3v) is 3.35. The summed E-state index contributed by atoms with van der Waals surface area (Å²) in [5.74, 6) is 0. The first-order valence-corrected chi connectivity index (χ1v) is 6.54. The summed E-state index contributed by atoms with van der Waals surface area (Å²) in [5, 5.41) is 5.88. The number of nitrogens with two attached hydrogens (primary N) is 1. The molecule has 4 N–H and O–H groups in total. The van der Waals surface area contributed by atoms with E-state index in [1.54, 1.807) is 18.2 Å². The Balaban J connectivity index is 2.04. The Morgan fingerprint density at radius 1 is 1.00 bits per heavy atom. The molecule has 0 aliphatic rings. The number of benzene rings is 2. The third-order valence-electron chi connectivity index (χ3n) is 3.02. The van der Waals surface area contributed by atoms with Crippen molar-refractivity contribution in [3.05, 3.63) is 52.5 Å². The molecule has 0 spiro atoms. The van der Waals surface area contributed by atoms with Crippen LogP contribution < -0.4 is 16.4 Å². The summed E-state index contributed by atoms with van der Waals surface area (Å²) >= 11 is 5.90. The number of carbonyl (C=O) groups is 1. The van der Waals surface area contributed by atoms with Gasteiger partial charge in [-0.05, 0) is 55.3 Å². The predicted molar refractivity (Wildman–Crippen MR) is 84.4 cm³/mol. The molecule has 0 saturated carbocycles. The first-order chi connectivity index (χ1) is 9.45. The van der Waals surface area contributed by atoms with E-state index in [1.807, 2.05) is 32.0 Å². The fraction of sp³-hybridized carbons (Fsp3) is 0.133. The number of nitrogen functional groups attached to an aromatic ring is 1. The maximum atomic E-state index is 11.9. The summed E-state index contributed by atoms with van der Waals surface area (Å²) in [6, 6.07) is 10.4. The molecule has 0 unspecified atom stereocenters. The Morgan fingerprint density at radius 3 is 2.20 bits per heavy atom. The number of aryl methyl sites for hydroxylation is 2. The molecule has 5 heteroatoms. The SMILES string of the molecule is Cc1ccc(NC(=O)Nc2ccc(N)c(Cl)c2)cc1C. The molecule has 0 aliphatic carbocycles. The lowest BCUT2D eigenvalue weighted by molar-refractivity contribution is 0.262. The molecular weight excluding hydrogens is 274 g/mol. The highest BCUT2D eigenvalue weighted by molar-refractivity contribution is 6.33. The molecule has 0 saturated heterocycles. The Kier molecular flexibility index (Phi) is 4.15. The minimum Gasteiger partial charge on any atom is -0.398 e. The van der Waals surface area contributed by atoms with Crippen LogP contribution in [0.4, 0.5) is 21.9 Å². The molecule has 0 bridgehead atoms. The van der Waals surface area contributed by atoms with E-state index < -0.39 is 0 Å². The number of rotatable bonds is 2. The van der Waals surface area contributed by atoms with Crippen molar-refractivity contribution >= 4 is 34.7 Å². The van der Waals surface area contributed by atoms with Gasteiger partial charge in [-0.25, -0.2) is 4.79 Å². The van der Waals surface area contributed by atoms with E-state index in [2.05, 4.69) is 10.6 Å². The van der Waals surface area contributed by atoms with Crippen molar-refractivity contribution in [1.82, 2.24) is 0 Å². The van der Waals surface area contributed by atoms with Crippen molar-refractivity contribution in [3.8, 4) is 0 Å². The maximum Gasteiger partial charge on any atom is 0.323 e. The summed E-state index contributed by atoms with van der Waals surface area (Å²) in [5.41, 5.74) is 9.73. The van der Waals surface area contributed by atoms with Crippen molar-refractivity contribution in [2.45, 2.75) is 13.8 Å². The molecular formula is C15H16ClN3O. The molecule has 2 aromatic carbocycles. The Hall–Kier alpha value is -2.20. The molecule has 0 radical (unpaired) electrons. The lowest BCUT2D eigenvalue weighted by atomic mass is 10.1. The average Bonchev–Trinajstić information content (AvgIpc) is 2.38. The van der Waals surface area contributed by atoms with Crippen LogP contribution in [0, 0.1) is 13.8 Å². The van der Waals surface area contributed by atoms with Gasteiger partial charge in [-0.2, -0.15) is 0 Å². The highest BCUT2D eigenvalue weighted by Gasteiger charge is 2.05. The molecule has 0 aliphatic heterocycles. The van der Waals surface area contributed by atoms with Crippen LogP contribution in [0.15, 0.2) is 36.4 Å². The van der Waals surface area contributed by atoms with Crippen molar-refractivity contribution in [2.24, 2.45) is 0 Å². The second-order valence-electron chi connectivity index (χ2n) is 4.61. The van der Waals surface area contributed by atoms with Crippen LogP contribution in [0.5, 0.6) is 0 Å². The van der Waals surface area contributed by atoms with Crippen LogP contribution in [-0.2, 0) is 0 Å². The first kappa shape index (κ1) is 14.2. The highest BCUT2D eigenvalue weighted by atomic mass is 35.5. The van der Waals surface area contributed by atoms with Crippen molar-refractivity contribution in [3.63, 3.8) is 0 Å². The Morgan fingerprint density at radius 2 is 1.60 bits per heavy atom. The van der Waals surface area contributed by atoms with Crippen molar-refractivity contribution in [1.29, 1.82) is 0 Å². The minimum absolute atomic E-state index is 0.325. The summed E-state index contributed by atoms with van der Waals surface area (Å²) in [6.45, 7) is 4.02. The van der Waals surface area contributed by atoms with Crippen molar-refractivity contribution < 1.29 is 4.79 Å². The molecule has 2 amide bonds. The average molecular weight is 290 g/mol. The third kappa shape index (κ3) is 3.42. The molecule has 0 atom stereocenters. The van der Waals surface area contributed by atoms with E-state index in [4.69, 9.17) is 17.3 Å². The van der Waals surface area contributed by atoms with Crippen LogP contribution in [-0.4, -0.2) is 6.03 Å². The topological polar surface area (TPSA) is 67.2 Å². The lowest BCUT2D eigenvalue weighted by Crippen LogP contribution is -2.19. The first-order valence-electron chi connectivity index (χ1n) is 6.16. The number of carbonyl (C=O) groups excluding carboxylic acids is 1. The van der Waals surface area contributed by atoms with Crippen LogP contribution in [0.2, 0.25) is 5.02 Å². The molecule has 104 valence electrons. The van der Waals surface area contributed by atoms with Crippen LogP contribution in [0.3, 0.4) is 0 Å². The Bertz CT molecular complexity index is 600. The molecule has 0 aromatic heterocycles. The van der Waals surface area contributed by atoms with Gasteiger partial charge in [-0.1, -0.05) is 17.7 Å². The number of hydrogen-bond acceptors (Lipinski definition) is 2. The van der Waals surface area contributed by atoms with Gasteiger partial charge in [-0.15, -0.1) is 0 Å². The number of halogens is 1. The van der Waals surface area contributed by atoms with Gasteiger partial charge >= 0.3 is 6.03 Å². The zero-order valence-corrected chi connectivity index (χ0v) is 12.1. The van der Waals surface area contributed by atoms with Gasteiger partial charge in [0, 0.05) is 11.4 Å². The minimum atomic E-state index is -0.325. The smallest absolute Gasteiger partial charge is 0.323 e. The van der Waals surface area contributed by atoms with Gasteiger partial charge < -0.3 is 16.4 Å². The van der Waals surface area contributed by atoms with Gasteiger partial charge in [0.05, 0.1) is 10.7 Å². The van der Waals surface area contributed by atoms with Crippen LogP contribution in [0.25, 0.3) is 0 Å². The zero-order chi connectivity index (χ0) is 14.7. The number of urea groups is 1. The number of nitrogens with one attached hydrogen (secondary N) is 2. The number of anilines is 3. The second kappa shape index (κ2) is 5.84. The normalized spacial score (nSPS) is 10.2. The van der Waals surface area contributed by atoms with E-state index in [0.29, 0.717) is 16.4 Å². The van der Waals surface area contributed by atoms with Gasteiger partial charge in [-0.3, -0.25) is 0 Å². The van der Waals surface area contributed by atoms with E-state index in [0.717, 1.165) is 11.3 Å². The molecule has 0 heterocycles. The maximum absolute atomic E-state index is 11.9. The van der Waals surface area contributed by atoms with E-state index in [9.17, 15) is 4.79 Å². The number of amides is 2. The zero-order valence-electron chi connectivity index (χ0n) is 11.3.